The zero-order valence-electron chi connectivity index (χ0n) is 10.1. The van der Waals surface area contributed by atoms with Gasteiger partial charge in [0.05, 0.1) is 0 Å². The van der Waals surface area contributed by atoms with Crippen molar-refractivity contribution in [1.82, 2.24) is 5.32 Å². The van der Waals surface area contributed by atoms with Crippen LogP contribution >= 0.6 is 0 Å². The Morgan fingerprint density at radius 3 is 2.53 bits per heavy atom. The fourth-order valence-electron chi connectivity index (χ4n) is 1.05. The van der Waals surface area contributed by atoms with Gasteiger partial charge in [-0.3, -0.25) is 0 Å². The van der Waals surface area contributed by atoms with Crippen LogP contribution in [-0.2, 0) is 4.74 Å². The van der Waals surface area contributed by atoms with Crippen LogP contribution in [0.5, 0.6) is 0 Å². The molecule has 0 saturated carbocycles. The zero-order valence-corrected chi connectivity index (χ0v) is 10.1. The van der Waals surface area contributed by atoms with Crippen LogP contribution in [0.4, 0.5) is 0 Å². The molecule has 15 heavy (non-hydrogen) atoms. The van der Waals surface area contributed by atoms with E-state index in [0.29, 0.717) is 18.1 Å². The Balaban J connectivity index is 4.39. The predicted molar refractivity (Wildman–Crippen MR) is 64.7 cm³/mol. The molecule has 0 aliphatic rings. The standard InChI is InChI=1S/C11H21N3O/c1-8(6-7-15-5)14-11(13-4)9(2)10(3)12/h8,12,14H,4,6-7H2,1-3,5H3/b11-9+,12-10?. The molecule has 0 heterocycles. The Bertz CT molecular complexity index is 259. The number of hydrogen-bond donors (Lipinski definition) is 2. The van der Waals surface area contributed by atoms with E-state index in [1.165, 1.54) is 0 Å². The highest BCUT2D eigenvalue weighted by molar-refractivity contribution is 5.95. The lowest BCUT2D eigenvalue weighted by Gasteiger charge is -2.16. The number of nitrogens with zero attached hydrogens (tertiary/aromatic N) is 1. The number of methoxy groups -OCH3 is 1. The van der Waals surface area contributed by atoms with E-state index >= 15 is 0 Å². The van der Waals surface area contributed by atoms with Crippen molar-refractivity contribution in [2.45, 2.75) is 33.2 Å². The third kappa shape index (κ3) is 5.32. The van der Waals surface area contributed by atoms with Crippen LogP contribution in [0.25, 0.3) is 0 Å². The van der Waals surface area contributed by atoms with E-state index < -0.39 is 0 Å². The Kier molecular flexibility index (Phi) is 6.62. The maximum Gasteiger partial charge on any atom is 0.130 e. The minimum atomic E-state index is 0.264. The first-order valence-electron chi connectivity index (χ1n) is 5.01. The summed E-state index contributed by atoms with van der Waals surface area (Å²) in [7, 11) is 1.68. The van der Waals surface area contributed by atoms with Gasteiger partial charge in [0.2, 0.25) is 0 Å². The van der Waals surface area contributed by atoms with Crippen molar-refractivity contribution in [2.75, 3.05) is 13.7 Å². The number of ether oxygens (including phenoxy) is 1. The molecule has 0 saturated heterocycles. The Morgan fingerprint density at radius 1 is 1.53 bits per heavy atom. The normalized spacial score (nSPS) is 14.1. The van der Waals surface area contributed by atoms with Crippen molar-refractivity contribution in [3.8, 4) is 0 Å². The summed E-state index contributed by atoms with van der Waals surface area (Å²) in [6, 6.07) is 0.264. The number of aliphatic imine (C=N–C) groups is 1. The molecule has 4 nitrogen and oxygen atoms in total. The summed E-state index contributed by atoms with van der Waals surface area (Å²) < 4.78 is 4.99. The van der Waals surface area contributed by atoms with Gasteiger partial charge in [0.15, 0.2) is 0 Å². The molecule has 0 aromatic carbocycles. The Labute approximate surface area is 91.9 Å². The van der Waals surface area contributed by atoms with Gasteiger partial charge >= 0.3 is 0 Å². The summed E-state index contributed by atoms with van der Waals surface area (Å²) in [5.41, 5.74) is 1.33. The number of nitrogens with one attached hydrogen (secondary N) is 2. The minimum Gasteiger partial charge on any atom is -0.385 e. The van der Waals surface area contributed by atoms with E-state index in [1.807, 2.05) is 6.92 Å². The third-order valence-electron chi connectivity index (χ3n) is 2.21. The van der Waals surface area contributed by atoms with Crippen LogP contribution in [0.3, 0.4) is 0 Å². The van der Waals surface area contributed by atoms with E-state index in [-0.39, 0.29) is 6.04 Å². The molecule has 0 aromatic rings. The molecule has 0 spiro atoms. The molecule has 0 aliphatic carbocycles. The second-order valence-corrected chi connectivity index (χ2v) is 3.58. The smallest absolute Gasteiger partial charge is 0.130 e. The predicted octanol–water partition coefficient (Wildman–Crippen LogP) is 1.97. The molecular formula is C11H21N3O. The van der Waals surface area contributed by atoms with Gasteiger partial charge in [0.1, 0.15) is 5.82 Å². The van der Waals surface area contributed by atoms with Crippen molar-refractivity contribution in [3.63, 3.8) is 0 Å². The van der Waals surface area contributed by atoms with Gasteiger partial charge in [-0.05, 0) is 33.9 Å². The van der Waals surface area contributed by atoms with Gasteiger partial charge in [0.25, 0.3) is 0 Å². The van der Waals surface area contributed by atoms with E-state index in [2.05, 4.69) is 24.0 Å². The van der Waals surface area contributed by atoms with Crippen LogP contribution in [0, 0.1) is 5.41 Å². The highest BCUT2D eigenvalue weighted by atomic mass is 16.5. The van der Waals surface area contributed by atoms with Crippen LogP contribution in [0.1, 0.15) is 27.2 Å². The average Bonchev–Trinajstić information content (AvgIpc) is 2.21. The molecule has 1 unspecified atom stereocenters. The zero-order chi connectivity index (χ0) is 11.8. The molecule has 0 aliphatic heterocycles. The fourth-order valence-corrected chi connectivity index (χ4v) is 1.05. The summed E-state index contributed by atoms with van der Waals surface area (Å²) >= 11 is 0. The lowest BCUT2D eigenvalue weighted by atomic mass is 10.2. The van der Waals surface area contributed by atoms with E-state index in [0.717, 1.165) is 12.0 Å². The summed E-state index contributed by atoms with van der Waals surface area (Å²) in [6.07, 6.45) is 0.903. The molecule has 4 heteroatoms. The first kappa shape index (κ1) is 13.8. The van der Waals surface area contributed by atoms with Crippen LogP contribution in [0.15, 0.2) is 16.4 Å². The van der Waals surface area contributed by atoms with Crippen LogP contribution < -0.4 is 5.32 Å². The number of hydrogen-bond acceptors (Lipinski definition) is 4. The molecular weight excluding hydrogens is 190 g/mol. The van der Waals surface area contributed by atoms with Gasteiger partial charge in [-0.2, -0.15) is 0 Å². The topological polar surface area (TPSA) is 57.5 Å². The molecule has 0 radical (unpaired) electrons. The first-order chi connectivity index (χ1) is 7.02. The molecule has 2 N–H and O–H groups in total. The molecule has 86 valence electrons. The quantitative estimate of drug-likeness (QED) is 0.632. The van der Waals surface area contributed by atoms with Gasteiger partial charge in [-0.25, -0.2) is 4.99 Å². The lowest BCUT2D eigenvalue weighted by Crippen LogP contribution is -2.27. The van der Waals surface area contributed by atoms with Gasteiger partial charge < -0.3 is 15.5 Å². The first-order valence-corrected chi connectivity index (χ1v) is 5.01. The number of rotatable bonds is 7. The SMILES string of the molecule is C=N/C(NC(C)CCOC)=C(/C)C(C)=N. The fraction of sp³-hybridized carbons (Fsp3) is 0.636. The van der Waals surface area contributed by atoms with E-state index in [4.69, 9.17) is 10.1 Å². The monoisotopic (exact) mass is 211 g/mol. The summed E-state index contributed by atoms with van der Waals surface area (Å²) in [6.45, 7) is 9.86. The number of allylic oxidation sites excluding steroid dienone is 1. The maximum atomic E-state index is 7.51. The molecule has 0 amide bonds. The van der Waals surface area contributed by atoms with Gasteiger partial charge in [-0.15, -0.1) is 0 Å². The molecule has 0 aromatic heterocycles. The average molecular weight is 211 g/mol. The summed E-state index contributed by atoms with van der Waals surface area (Å²) in [5, 5.41) is 10.7. The lowest BCUT2D eigenvalue weighted by molar-refractivity contribution is 0.186. The van der Waals surface area contributed by atoms with Crippen LogP contribution in [-0.4, -0.2) is 32.2 Å². The maximum absolute atomic E-state index is 7.51. The van der Waals surface area contributed by atoms with Crippen molar-refractivity contribution < 1.29 is 4.74 Å². The molecule has 0 fully saturated rings. The molecule has 1 atom stereocenters. The minimum absolute atomic E-state index is 0.264. The van der Waals surface area contributed by atoms with Gasteiger partial charge in [-0.1, -0.05) is 0 Å². The second-order valence-electron chi connectivity index (χ2n) is 3.58. The highest BCUT2D eigenvalue weighted by Crippen LogP contribution is 2.05. The van der Waals surface area contributed by atoms with E-state index in [9.17, 15) is 0 Å². The Hall–Kier alpha value is -1.16. The van der Waals surface area contributed by atoms with Crippen molar-refractivity contribution in [2.24, 2.45) is 4.99 Å². The highest BCUT2D eigenvalue weighted by Gasteiger charge is 2.06. The largest absolute Gasteiger partial charge is 0.385 e. The van der Waals surface area contributed by atoms with Gasteiger partial charge in [0, 0.05) is 31.0 Å². The molecule has 0 bridgehead atoms. The second kappa shape index (κ2) is 7.17. The van der Waals surface area contributed by atoms with Crippen molar-refractivity contribution in [3.05, 3.63) is 11.4 Å². The third-order valence-corrected chi connectivity index (χ3v) is 2.21. The molecule has 0 rings (SSSR count). The van der Waals surface area contributed by atoms with Crippen molar-refractivity contribution in [1.29, 1.82) is 5.41 Å². The van der Waals surface area contributed by atoms with Crippen molar-refractivity contribution >= 4 is 12.4 Å². The summed E-state index contributed by atoms with van der Waals surface area (Å²) in [5.74, 6) is 0.686. The summed E-state index contributed by atoms with van der Waals surface area (Å²) in [4.78, 5) is 3.89. The Morgan fingerprint density at radius 2 is 2.13 bits per heavy atom. The van der Waals surface area contributed by atoms with E-state index in [1.54, 1.807) is 14.0 Å². The van der Waals surface area contributed by atoms with Crippen LogP contribution in [0.2, 0.25) is 0 Å².